The number of aryl methyl sites for hydroxylation is 1. The summed E-state index contributed by atoms with van der Waals surface area (Å²) in [7, 11) is 0. The van der Waals surface area contributed by atoms with E-state index in [0.29, 0.717) is 6.61 Å². The molecule has 1 heterocycles. The van der Waals surface area contributed by atoms with Crippen LogP contribution in [0.2, 0.25) is 0 Å². The quantitative estimate of drug-likeness (QED) is 0.762. The van der Waals surface area contributed by atoms with Gasteiger partial charge in [0.2, 0.25) is 0 Å². The van der Waals surface area contributed by atoms with Crippen LogP contribution in [0.4, 0.5) is 0 Å². The summed E-state index contributed by atoms with van der Waals surface area (Å²) >= 11 is 0. The van der Waals surface area contributed by atoms with Crippen molar-refractivity contribution in [3.8, 4) is 0 Å². The molecule has 2 N–H and O–H groups in total. The highest BCUT2D eigenvalue weighted by atomic mass is 16.3. The second kappa shape index (κ2) is 4.29. The van der Waals surface area contributed by atoms with E-state index in [9.17, 15) is 0 Å². The minimum absolute atomic E-state index is 0.184. The van der Waals surface area contributed by atoms with E-state index in [1.807, 2.05) is 25.1 Å². The number of rotatable bonds is 5. The molecule has 1 aromatic heterocycles. The van der Waals surface area contributed by atoms with Gasteiger partial charge in [0.1, 0.15) is 0 Å². The van der Waals surface area contributed by atoms with E-state index in [0.717, 1.165) is 37.3 Å². The second-order valence-corrected chi connectivity index (χ2v) is 4.53. The van der Waals surface area contributed by atoms with E-state index in [-0.39, 0.29) is 5.41 Å². The molecule has 0 radical (unpaired) electrons. The number of hydrogen-bond acceptors (Lipinski definition) is 3. The molecular weight excluding hydrogens is 188 g/mol. The summed E-state index contributed by atoms with van der Waals surface area (Å²) in [6.07, 6.45) is 2.30. The number of aliphatic hydroxyl groups is 1. The SMILES string of the molecule is Cc1cccc(CNCC2(CO)CC2)n1. The van der Waals surface area contributed by atoms with Gasteiger partial charge in [-0.1, -0.05) is 6.07 Å². The fourth-order valence-corrected chi connectivity index (χ4v) is 1.72. The highest BCUT2D eigenvalue weighted by Gasteiger charge is 2.41. The Morgan fingerprint density at radius 2 is 2.27 bits per heavy atom. The molecule has 0 atom stereocenters. The molecule has 15 heavy (non-hydrogen) atoms. The first kappa shape index (κ1) is 10.6. The summed E-state index contributed by atoms with van der Waals surface area (Å²) in [6, 6.07) is 6.05. The lowest BCUT2D eigenvalue weighted by Gasteiger charge is -2.12. The molecule has 3 heteroatoms. The third-order valence-corrected chi connectivity index (χ3v) is 3.04. The van der Waals surface area contributed by atoms with Gasteiger partial charge in [0, 0.05) is 30.8 Å². The van der Waals surface area contributed by atoms with Gasteiger partial charge in [-0.3, -0.25) is 4.98 Å². The lowest BCUT2D eigenvalue weighted by atomic mass is 10.1. The van der Waals surface area contributed by atoms with Crippen molar-refractivity contribution < 1.29 is 5.11 Å². The van der Waals surface area contributed by atoms with Crippen LogP contribution in [0.5, 0.6) is 0 Å². The predicted molar refractivity (Wildman–Crippen MR) is 59.4 cm³/mol. The maximum absolute atomic E-state index is 9.14. The van der Waals surface area contributed by atoms with Crippen molar-refractivity contribution in [1.29, 1.82) is 0 Å². The van der Waals surface area contributed by atoms with E-state index in [4.69, 9.17) is 5.11 Å². The van der Waals surface area contributed by atoms with Crippen LogP contribution in [0.1, 0.15) is 24.2 Å². The molecule has 1 aromatic rings. The summed E-state index contributed by atoms with van der Waals surface area (Å²) in [6.45, 7) is 4.00. The number of pyridine rings is 1. The topological polar surface area (TPSA) is 45.1 Å². The van der Waals surface area contributed by atoms with Gasteiger partial charge in [-0.15, -0.1) is 0 Å². The van der Waals surface area contributed by atoms with Gasteiger partial charge in [0.15, 0.2) is 0 Å². The van der Waals surface area contributed by atoms with Gasteiger partial charge in [0.05, 0.1) is 5.69 Å². The number of aliphatic hydroxyl groups excluding tert-OH is 1. The zero-order valence-corrected chi connectivity index (χ0v) is 9.16. The molecule has 0 aliphatic heterocycles. The predicted octanol–water partition coefficient (Wildman–Crippen LogP) is 1.25. The maximum Gasteiger partial charge on any atom is 0.0544 e. The van der Waals surface area contributed by atoms with E-state index >= 15 is 0 Å². The van der Waals surface area contributed by atoms with Crippen molar-refractivity contribution in [2.45, 2.75) is 26.3 Å². The van der Waals surface area contributed by atoms with E-state index in [1.165, 1.54) is 0 Å². The summed E-state index contributed by atoms with van der Waals surface area (Å²) in [5.74, 6) is 0. The average molecular weight is 206 g/mol. The Bertz CT molecular complexity index is 334. The van der Waals surface area contributed by atoms with Crippen molar-refractivity contribution in [1.82, 2.24) is 10.3 Å². The number of nitrogens with one attached hydrogen (secondary N) is 1. The summed E-state index contributed by atoms with van der Waals surface area (Å²) in [5.41, 5.74) is 2.31. The summed E-state index contributed by atoms with van der Waals surface area (Å²) in [4.78, 5) is 4.41. The van der Waals surface area contributed by atoms with Gasteiger partial charge in [-0.2, -0.15) is 0 Å². The second-order valence-electron chi connectivity index (χ2n) is 4.53. The van der Waals surface area contributed by atoms with Crippen LogP contribution in [-0.4, -0.2) is 23.2 Å². The largest absolute Gasteiger partial charge is 0.396 e. The van der Waals surface area contributed by atoms with Gasteiger partial charge in [0.25, 0.3) is 0 Å². The third kappa shape index (κ3) is 2.76. The molecule has 3 nitrogen and oxygen atoms in total. The van der Waals surface area contributed by atoms with Gasteiger partial charge >= 0.3 is 0 Å². The van der Waals surface area contributed by atoms with E-state index in [2.05, 4.69) is 10.3 Å². The highest BCUT2D eigenvalue weighted by molar-refractivity contribution is 5.09. The van der Waals surface area contributed by atoms with Crippen LogP contribution < -0.4 is 5.32 Å². The van der Waals surface area contributed by atoms with Crippen LogP contribution in [0.25, 0.3) is 0 Å². The van der Waals surface area contributed by atoms with Crippen molar-refractivity contribution in [2.75, 3.05) is 13.2 Å². The van der Waals surface area contributed by atoms with Gasteiger partial charge < -0.3 is 10.4 Å². The monoisotopic (exact) mass is 206 g/mol. The van der Waals surface area contributed by atoms with Crippen molar-refractivity contribution in [2.24, 2.45) is 5.41 Å². The Morgan fingerprint density at radius 1 is 1.47 bits per heavy atom. The normalized spacial score (nSPS) is 17.7. The smallest absolute Gasteiger partial charge is 0.0544 e. The fraction of sp³-hybridized carbons (Fsp3) is 0.583. The Kier molecular flexibility index (Phi) is 3.03. The van der Waals surface area contributed by atoms with Crippen molar-refractivity contribution in [3.05, 3.63) is 29.6 Å². The molecule has 0 spiro atoms. The first-order valence-corrected chi connectivity index (χ1v) is 5.48. The van der Waals surface area contributed by atoms with Crippen LogP contribution in [0.3, 0.4) is 0 Å². The first-order chi connectivity index (χ1) is 7.24. The van der Waals surface area contributed by atoms with Crippen LogP contribution in [0.15, 0.2) is 18.2 Å². The average Bonchev–Trinajstić information content (AvgIpc) is 2.99. The molecular formula is C12H18N2O. The first-order valence-electron chi connectivity index (χ1n) is 5.48. The van der Waals surface area contributed by atoms with Gasteiger partial charge in [-0.05, 0) is 31.9 Å². The van der Waals surface area contributed by atoms with Crippen LogP contribution >= 0.6 is 0 Å². The van der Waals surface area contributed by atoms with Crippen molar-refractivity contribution in [3.63, 3.8) is 0 Å². The Labute approximate surface area is 90.5 Å². The summed E-state index contributed by atoms with van der Waals surface area (Å²) < 4.78 is 0. The maximum atomic E-state index is 9.14. The fourth-order valence-electron chi connectivity index (χ4n) is 1.72. The molecule has 0 unspecified atom stereocenters. The van der Waals surface area contributed by atoms with Crippen molar-refractivity contribution >= 4 is 0 Å². The highest BCUT2D eigenvalue weighted by Crippen LogP contribution is 2.44. The van der Waals surface area contributed by atoms with E-state index < -0.39 is 0 Å². The molecule has 0 aromatic carbocycles. The minimum Gasteiger partial charge on any atom is -0.396 e. The van der Waals surface area contributed by atoms with Gasteiger partial charge in [-0.25, -0.2) is 0 Å². The molecule has 1 aliphatic rings. The Balaban J connectivity index is 1.78. The number of aromatic nitrogens is 1. The van der Waals surface area contributed by atoms with Crippen LogP contribution in [0, 0.1) is 12.3 Å². The lowest BCUT2D eigenvalue weighted by molar-refractivity contribution is 0.207. The molecule has 2 rings (SSSR count). The number of hydrogen-bond donors (Lipinski definition) is 2. The Hall–Kier alpha value is -0.930. The third-order valence-electron chi connectivity index (χ3n) is 3.04. The zero-order valence-electron chi connectivity index (χ0n) is 9.16. The molecule has 1 aliphatic carbocycles. The molecule has 1 fully saturated rings. The Morgan fingerprint density at radius 3 is 2.87 bits per heavy atom. The van der Waals surface area contributed by atoms with Crippen LogP contribution in [-0.2, 0) is 6.54 Å². The lowest BCUT2D eigenvalue weighted by Crippen LogP contribution is -2.26. The number of nitrogens with zero attached hydrogens (tertiary/aromatic N) is 1. The zero-order chi connectivity index (χ0) is 10.7. The minimum atomic E-state index is 0.184. The molecule has 0 amide bonds. The van der Waals surface area contributed by atoms with E-state index in [1.54, 1.807) is 0 Å². The molecule has 0 bridgehead atoms. The molecule has 82 valence electrons. The standard InChI is InChI=1S/C12H18N2O/c1-10-3-2-4-11(14-10)7-13-8-12(9-15)5-6-12/h2-4,13,15H,5-9H2,1H3. The molecule has 1 saturated carbocycles. The molecule has 0 saturated heterocycles. The summed E-state index contributed by atoms with van der Waals surface area (Å²) in [5, 5.41) is 12.5.